The Kier molecular flexibility index (Phi) is 5.06. The summed E-state index contributed by atoms with van der Waals surface area (Å²) >= 11 is 0. The molecule has 0 aromatic rings. The highest BCUT2D eigenvalue weighted by Gasteiger charge is 2.75. The van der Waals surface area contributed by atoms with Crippen LogP contribution in [0.4, 0.5) is 48.3 Å². The lowest BCUT2D eigenvalue weighted by Gasteiger charge is -2.33. The van der Waals surface area contributed by atoms with Gasteiger partial charge in [-0.3, -0.25) is 0 Å². The molecule has 0 heterocycles. The molecule has 19 heavy (non-hydrogen) atoms. The molecule has 4 unspecified atom stereocenters. The summed E-state index contributed by atoms with van der Waals surface area (Å²) in [5.74, 6) is -13.1. The molecule has 0 fully saturated rings. The Morgan fingerprint density at radius 2 is 1.05 bits per heavy atom. The van der Waals surface area contributed by atoms with Crippen molar-refractivity contribution in [3.05, 3.63) is 0 Å². The van der Waals surface area contributed by atoms with Gasteiger partial charge in [0.05, 0.1) is 0 Å². The van der Waals surface area contributed by atoms with Crippen molar-refractivity contribution in [3.8, 4) is 0 Å². The topological polar surface area (TPSA) is 20.2 Å². The molecule has 4 atom stereocenters. The summed E-state index contributed by atoms with van der Waals surface area (Å²) in [6, 6.07) is 0. The highest BCUT2D eigenvalue weighted by molar-refractivity contribution is 4.99. The summed E-state index contributed by atoms with van der Waals surface area (Å²) in [6.45, 7) is 0. The lowest BCUT2D eigenvalue weighted by Crippen LogP contribution is -2.62. The van der Waals surface area contributed by atoms with Crippen LogP contribution in [-0.2, 0) is 0 Å². The minimum Gasteiger partial charge on any atom is -0.350 e. The Morgan fingerprint density at radius 1 is 0.684 bits per heavy atom. The zero-order chi connectivity index (χ0) is 15.8. The molecule has 0 spiro atoms. The molecule has 0 amide bonds. The Labute approximate surface area is 97.5 Å². The van der Waals surface area contributed by atoms with E-state index in [0.29, 0.717) is 0 Å². The number of aliphatic hydroxyl groups is 1. The quantitative estimate of drug-likeness (QED) is 0.773. The van der Waals surface area contributed by atoms with E-state index in [1.807, 2.05) is 0 Å². The van der Waals surface area contributed by atoms with Gasteiger partial charge in [0, 0.05) is 0 Å². The standard InChI is InChI=1S/C7H5F11O/c8-1(2(9)4(11)12)3(10)5(13,14)6(15,19)7(16,17)18/h1-4,19H. The van der Waals surface area contributed by atoms with Crippen LogP contribution in [0.5, 0.6) is 0 Å². The van der Waals surface area contributed by atoms with Crippen LogP contribution in [-0.4, -0.2) is 48.0 Å². The van der Waals surface area contributed by atoms with Gasteiger partial charge in [-0.05, 0) is 0 Å². The number of hydrogen-bond donors (Lipinski definition) is 1. The minimum atomic E-state index is -6.75. The molecule has 0 aliphatic heterocycles. The van der Waals surface area contributed by atoms with Crippen LogP contribution in [0.2, 0.25) is 0 Å². The molecule has 1 nitrogen and oxygen atoms in total. The van der Waals surface area contributed by atoms with Crippen molar-refractivity contribution in [1.82, 2.24) is 0 Å². The third-order valence-corrected chi connectivity index (χ3v) is 1.99. The molecule has 0 radical (unpaired) electrons. The number of hydrogen-bond acceptors (Lipinski definition) is 1. The van der Waals surface area contributed by atoms with E-state index >= 15 is 0 Å². The van der Waals surface area contributed by atoms with Crippen LogP contribution in [0.15, 0.2) is 0 Å². The molecular formula is C7H5F11O. The van der Waals surface area contributed by atoms with E-state index < -0.39 is 42.9 Å². The molecule has 0 aromatic heterocycles. The van der Waals surface area contributed by atoms with E-state index in [9.17, 15) is 48.3 Å². The highest BCUT2D eigenvalue weighted by Crippen LogP contribution is 2.47. The predicted octanol–water partition coefficient (Wildman–Crippen LogP) is 3.12. The second-order valence-corrected chi connectivity index (χ2v) is 3.37. The van der Waals surface area contributed by atoms with Crippen LogP contribution in [0, 0.1) is 0 Å². The second kappa shape index (κ2) is 5.29. The van der Waals surface area contributed by atoms with Crippen LogP contribution in [0.3, 0.4) is 0 Å². The molecule has 12 heteroatoms. The second-order valence-electron chi connectivity index (χ2n) is 3.37. The monoisotopic (exact) mass is 314 g/mol. The fraction of sp³-hybridized carbons (Fsp3) is 1.00. The summed E-state index contributed by atoms with van der Waals surface area (Å²) in [4.78, 5) is 0. The largest absolute Gasteiger partial charge is 0.454 e. The number of halogens is 11. The fourth-order valence-electron chi connectivity index (χ4n) is 0.872. The molecule has 0 saturated carbocycles. The molecule has 0 aliphatic carbocycles. The van der Waals surface area contributed by atoms with Gasteiger partial charge in [-0.15, -0.1) is 0 Å². The van der Waals surface area contributed by atoms with E-state index in [0.717, 1.165) is 0 Å². The highest BCUT2D eigenvalue weighted by atomic mass is 19.4. The maximum absolute atomic E-state index is 12.6. The maximum atomic E-state index is 12.6. The van der Waals surface area contributed by atoms with E-state index in [-0.39, 0.29) is 0 Å². The molecule has 0 bridgehead atoms. The number of rotatable bonds is 5. The van der Waals surface area contributed by atoms with E-state index in [2.05, 4.69) is 0 Å². The molecule has 0 aliphatic rings. The van der Waals surface area contributed by atoms with Gasteiger partial charge in [0.1, 0.15) is 0 Å². The SMILES string of the molecule is OC(F)(C(F)(F)F)C(F)(F)C(F)C(F)C(F)C(F)F. The lowest BCUT2D eigenvalue weighted by molar-refractivity contribution is -0.398. The first-order valence-corrected chi connectivity index (χ1v) is 4.24. The normalized spacial score (nSPS) is 21.9. The van der Waals surface area contributed by atoms with Gasteiger partial charge in [-0.25, -0.2) is 22.0 Å². The average molecular weight is 314 g/mol. The van der Waals surface area contributed by atoms with Gasteiger partial charge in [0.15, 0.2) is 12.3 Å². The fourth-order valence-corrected chi connectivity index (χ4v) is 0.872. The van der Waals surface area contributed by atoms with Crippen molar-refractivity contribution in [2.24, 2.45) is 0 Å². The molecule has 1 N–H and O–H groups in total. The zero-order valence-corrected chi connectivity index (χ0v) is 8.41. The molecule has 116 valence electrons. The average Bonchev–Trinajstić information content (AvgIpc) is 2.23. The molecule has 0 rings (SSSR count). The van der Waals surface area contributed by atoms with Gasteiger partial charge >= 0.3 is 18.0 Å². The first kappa shape index (κ1) is 18.2. The van der Waals surface area contributed by atoms with Crippen molar-refractivity contribution in [3.63, 3.8) is 0 Å². The first-order valence-electron chi connectivity index (χ1n) is 4.24. The van der Waals surface area contributed by atoms with Crippen LogP contribution in [0.1, 0.15) is 0 Å². The van der Waals surface area contributed by atoms with Crippen LogP contribution in [0.25, 0.3) is 0 Å². The summed E-state index contributed by atoms with van der Waals surface area (Å²) < 4.78 is 133. The third kappa shape index (κ3) is 3.20. The summed E-state index contributed by atoms with van der Waals surface area (Å²) in [5, 5.41) is 7.86. The van der Waals surface area contributed by atoms with Gasteiger partial charge in [-0.1, -0.05) is 0 Å². The Bertz CT molecular complexity index is 298. The van der Waals surface area contributed by atoms with Crippen molar-refractivity contribution in [2.45, 2.75) is 42.9 Å². The smallest absolute Gasteiger partial charge is 0.350 e. The van der Waals surface area contributed by atoms with E-state index in [1.54, 1.807) is 0 Å². The van der Waals surface area contributed by atoms with Gasteiger partial charge in [-0.2, -0.15) is 26.3 Å². The lowest BCUT2D eigenvalue weighted by atomic mass is 9.99. The molecule has 0 aromatic carbocycles. The van der Waals surface area contributed by atoms with E-state index in [4.69, 9.17) is 5.11 Å². The van der Waals surface area contributed by atoms with Crippen LogP contribution >= 0.6 is 0 Å². The summed E-state index contributed by atoms with van der Waals surface area (Å²) in [5.41, 5.74) is 0. The van der Waals surface area contributed by atoms with Crippen LogP contribution < -0.4 is 0 Å². The predicted molar refractivity (Wildman–Crippen MR) is 37.8 cm³/mol. The van der Waals surface area contributed by atoms with Crippen molar-refractivity contribution in [2.75, 3.05) is 0 Å². The minimum absolute atomic E-state index is 4.22. The Morgan fingerprint density at radius 3 is 1.32 bits per heavy atom. The van der Waals surface area contributed by atoms with Gasteiger partial charge in [0.2, 0.25) is 6.17 Å². The van der Waals surface area contributed by atoms with E-state index in [1.165, 1.54) is 0 Å². The Balaban J connectivity index is 5.32. The van der Waals surface area contributed by atoms with Crippen molar-refractivity contribution >= 4 is 0 Å². The molecule has 0 saturated heterocycles. The maximum Gasteiger partial charge on any atom is 0.454 e. The first-order chi connectivity index (χ1) is 8.18. The van der Waals surface area contributed by atoms with Crippen molar-refractivity contribution < 1.29 is 53.4 Å². The van der Waals surface area contributed by atoms with Gasteiger partial charge < -0.3 is 5.11 Å². The Hall–Kier alpha value is -0.810. The van der Waals surface area contributed by atoms with Gasteiger partial charge in [0.25, 0.3) is 6.43 Å². The number of alkyl halides is 11. The van der Waals surface area contributed by atoms with Crippen molar-refractivity contribution in [1.29, 1.82) is 0 Å². The zero-order valence-electron chi connectivity index (χ0n) is 8.41. The third-order valence-electron chi connectivity index (χ3n) is 1.99. The molecular weight excluding hydrogens is 309 g/mol. The summed E-state index contributed by atoms with van der Waals surface area (Å²) in [6.07, 6.45) is -24.8. The summed E-state index contributed by atoms with van der Waals surface area (Å²) in [7, 11) is 0.